The summed E-state index contributed by atoms with van der Waals surface area (Å²) in [5.74, 6) is 1.53. The molecule has 2 aromatic carbocycles. The molecule has 0 fully saturated rings. The molecule has 3 rings (SSSR count). The molecule has 1 aromatic heterocycles. The quantitative estimate of drug-likeness (QED) is 0.664. The van der Waals surface area contributed by atoms with E-state index in [4.69, 9.17) is 0 Å². The number of nitrogens with zero attached hydrogens (tertiary/aromatic N) is 3. The third-order valence-corrected chi connectivity index (χ3v) is 5.02. The number of hydrogen-bond acceptors (Lipinski definition) is 4. The van der Waals surface area contributed by atoms with Gasteiger partial charge < -0.3 is 14.8 Å². The second-order valence-electron chi connectivity index (χ2n) is 6.66. The van der Waals surface area contributed by atoms with Crippen LogP contribution in [0.25, 0.3) is 11.0 Å². The Morgan fingerprint density at radius 2 is 1.96 bits per heavy atom. The molecule has 7 heteroatoms. The highest BCUT2D eigenvalue weighted by molar-refractivity contribution is 7.97. The number of fused-ring (bicyclic) bond motifs is 1. The van der Waals surface area contributed by atoms with Crippen molar-refractivity contribution in [3.63, 3.8) is 0 Å². The minimum atomic E-state index is -0.109. The van der Waals surface area contributed by atoms with Crippen molar-refractivity contribution in [2.75, 3.05) is 18.6 Å². The van der Waals surface area contributed by atoms with E-state index >= 15 is 0 Å². The van der Waals surface area contributed by atoms with Crippen LogP contribution in [0.4, 0.5) is 5.69 Å². The largest absolute Gasteiger partial charge is 0.342 e. The Morgan fingerprint density at radius 3 is 2.71 bits per heavy atom. The summed E-state index contributed by atoms with van der Waals surface area (Å²) in [6.45, 7) is 2.24. The van der Waals surface area contributed by atoms with Crippen LogP contribution < -0.4 is 5.32 Å². The average Bonchev–Trinajstić information content (AvgIpc) is 2.99. The highest BCUT2D eigenvalue weighted by Gasteiger charge is 2.13. The number of nitrogens with one attached hydrogen (secondary N) is 1. The van der Waals surface area contributed by atoms with Gasteiger partial charge in [0, 0.05) is 26.2 Å². The molecule has 146 valence electrons. The second kappa shape index (κ2) is 8.93. The summed E-state index contributed by atoms with van der Waals surface area (Å²) in [6.07, 6.45) is 2.02. The molecule has 0 saturated heterocycles. The number of carbonyl (C=O) groups excluding carboxylic acids is 2. The molecule has 0 bridgehead atoms. The van der Waals surface area contributed by atoms with E-state index in [0.717, 1.165) is 33.9 Å². The summed E-state index contributed by atoms with van der Waals surface area (Å²) >= 11 is 1.68. The molecule has 28 heavy (non-hydrogen) atoms. The summed E-state index contributed by atoms with van der Waals surface area (Å²) < 4.78 is 1.97. The summed E-state index contributed by atoms with van der Waals surface area (Å²) in [6, 6.07) is 15.4. The summed E-state index contributed by atoms with van der Waals surface area (Å²) in [4.78, 5) is 30.4. The van der Waals surface area contributed by atoms with E-state index in [-0.39, 0.29) is 18.4 Å². The van der Waals surface area contributed by atoms with Crippen LogP contribution in [0.5, 0.6) is 0 Å². The predicted molar refractivity (Wildman–Crippen MR) is 114 cm³/mol. The van der Waals surface area contributed by atoms with Gasteiger partial charge in [-0.2, -0.15) is 11.8 Å². The van der Waals surface area contributed by atoms with Crippen molar-refractivity contribution in [1.29, 1.82) is 0 Å². The third kappa shape index (κ3) is 4.72. The van der Waals surface area contributed by atoms with Gasteiger partial charge in [-0.1, -0.05) is 24.3 Å². The number of amides is 2. The third-order valence-electron chi connectivity index (χ3n) is 4.48. The van der Waals surface area contributed by atoms with Gasteiger partial charge in [0.2, 0.25) is 11.8 Å². The van der Waals surface area contributed by atoms with Crippen LogP contribution in [0.1, 0.15) is 18.3 Å². The first kappa shape index (κ1) is 19.9. The summed E-state index contributed by atoms with van der Waals surface area (Å²) in [5.41, 5.74) is 3.54. The fourth-order valence-corrected chi connectivity index (χ4v) is 3.50. The molecule has 6 nitrogen and oxygen atoms in total. The Hall–Kier alpha value is -2.80. The maximum absolute atomic E-state index is 12.7. The van der Waals surface area contributed by atoms with Crippen molar-refractivity contribution in [2.24, 2.45) is 0 Å². The van der Waals surface area contributed by atoms with Crippen LogP contribution >= 0.6 is 11.8 Å². The zero-order valence-electron chi connectivity index (χ0n) is 16.3. The van der Waals surface area contributed by atoms with Gasteiger partial charge in [-0.25, -0.2) is 4.98 Å². The lowest BCUT2D eigenvalue weighted by atomic mass is 10.2. The zero-order valence-corrected chi connectivity index (χ0v) is 17.1. The van der Waals surface area contributed by atoms with E-state index in [1.807, 2.05) is 59.4 Å². The Labute approximate surface area is 168 Å². The number of aromatic nitrogens is 2. The van der Waals surface area contributed by atoms with E-state index < -0.39 is 0 Å². The van der Waals surface area contributed by atoms with E-state index in [1.165, 1.54) is 6.92 Å². The molecule has 0 aliphatic heterocycles. The second-order valence-corrected chi connectivity index (χ2v) is 7.53. The molecule has 0 unspecified atom stereocenters. The standard InChI is InChI=1S/C21H24N4O2S/c1-15(26)24(2)12-16-7-6-8-17(11-16)22-21(27)13-25-19-10-5-4-9-18(19)23-20(25)14-28-3/h4-11H,12-14H2,1-3H3,(H,22,27). The molecular weight excluding hydrogens is 372 g/mol. The van der Waals surface area contributed by atoms with Gasteiger partial charge in [0.15, 0.2) is 0 Å². The molecule has 0 saturated carbocycles. The number of thioether (sulfide) groups is 1. The van der Waals surface area contributed by atoms with Gasteiger partial charge in [-0.15, -0.1) is 0 Å². The van der Waals surface area contributed by atoms with E-state index in [2.05, 4.69) is 10.3 Å². The Balaban J connectivity index is 1.75. The van der Waals surface area contributed by atoms with E-state index in [9.17, 15) is 9.59 Å². The molecule has 2 amide bonds. The first-order valence-corrected chi connectivity index (χ1v) is 10.4. The van der Waals surface area contributed by atoms with Gasteiger partial charge in [-0.3, -0.25) is 9.59 Å². The highest BCUT2D eigenvalue weighted by atomic mass is 32.2. The van der Waals surface area contributed by atoms with Crippen LogP contribution in [-0.4, -0.2) is 39.6 Å². The molecule has 0 aliphatic carbocycles. The van der Waals surface area contributed by atoms with Crippen molar-refractivity contribution in [3.8, 4) is 0 Å². The smallest absolute Gasteiger partial charge is 0.244 e. The number of anilines is 1. The topological polar surface area (TPSA) is 67.2 Å². The van der Waals surface area contributed by atoms with E-state index in [0.29, 0.717) is 6.54 Å². The van der Waals surface area contributed by atoms with Crippen LogP contribution in [0, 0.1) is 0 Å². The molecule has 3 aromatic rings. The Bertz CT molecular complexity index is 999. The maximum atomic E-state index is 12.7. The number of imidazole rings is 1. The van der Waals surface area contributed by atoms with Crippen LogP contribution in [0.15, 0.2) is 48.5 Å². The molecule has 1 N–H and O–H groups in total. The molecule has 0 atom stereocenters. The predicted octanol–water partition coefficient (Wildman–Crippen LogP) is 3.52. The zero-order chi connectivity index (χ0) is 20.1. The summed E-state index contributed by atoms with van der Waals surface area (Å²) in [5, 5.41) is 2.96. The minimum absolute atomic E-state index is 0.00254. The van der Waals surface area contributed by atoms with Gasteiger partial charge in [-0.05, 0) is 36.1 Å². The number of hydrogen-bond donors (Lipinski definition) is 1. The lowest BCUT2D eigenvalue weighted by molar-refractivity contribution is -0.128. The van der Waals surface area contributed by atoms with Crippen molar-refractivity contribution in [3.05, 3.63) is 59.9 Å². The normalized spacial score (nSPS) is 10.8. The van der Waals surface area contributed by atoms with Gasteiger partial charge >= 0.3 is 0 Å². The first-order chi connectivity index (χ1) is 13.5. The van der Waals surface area contributed by atoms with Crippen molar-refractivity contribution >= 4 is 40.3 Å². The number of para-hydroxylation sites is 2. The maximum Gasteiger partial charge on any atom is 0.244 e. The van der Waals surface area contributed by atoms with E-state index in [1.54, 1.807) is 23.7 Å². The lowest BCUT2D eigenvalue weighted by Gasteiger charge is -2.15. The fraction of sp³-hybridized carbons (Fsp3) is 0.286. The van der Waals surface area contributed by atoms with Crippen LogP contribution in [0.3, 0.4) is 0 Å². The molecule has 1 heterocycles. The van der Waals surface area contributed by atoms with Gasteiger partial charge in [0.05, 0.1) is 16.8 Å². The van der Waals surface area contributed by atoms with Gasteiger partial charge in [0.25, 0.3) is 0 Å². The van der Waals surface area contributed by atoms with Crippen molar-refractivity contribution in [2.45, 2.75) is 25.8 Å². The van der Waals surface area contributed by atoms with Crippen LogP contribution in [-0.2, 0) is 28.4 Å². The average molecular weight is 397 g/mol. The Kier molecular flexibility index (Phi) is 6.36. The SMILES string of the molecule is CSCc1nc2ccccc2n1CC(=O)Nc1cccc(CN(C)C(C)=O)c1. The highest BCUT2D eigenvalue weighted by Crippen LogP contribution is 2.19. The van der Waals surface area contributed by atoms with Crippen molar-refractivity contribution < 1.29 is 9.59 Å². The fourth-order valence-electron chi connectivity index (χ4n) is 3.02. The number of benzene rings is 2. The van der Waals surface area contributed by atoms with Crippen molar-refractivity contribution in [1.82, 2.24) is 14.5 Å². The summed E-state index contributed by atoms with van der Waals surface area (Å²) in [7, 11) is 1.75. The molecule has 0 spiro atoms. The number of carbonyl (C=O) groups is 2. The Morgan fingerprint density at radius 1 is 1.18 bits per heavy atom. The first-order valence-electron chi connectivity index (χ1n) is 9.01. The lowest BCUT2D eigenvalue weighted by Crippen LogP contribution is -2.23. The molecule has 0 aliphatic rings. The van der Waals surface area contributed by atoms with Crippen LogP contribution in [0.2, 0.25) is 0 Å². The molecule has 0 radical (unpaired) electrons. The minimum Gasteiger partial charge on any atom is -0.342 e. The molecular formula is C21H24N4O2S. The van der Waals surface area contributed by atoms with Gasteiger partial charge in [0.1, 0.15) is 12.4 Å². The number of rotatable bonds is 7. The monoisotopic (exact) mass is 396 g/mol.